The van der Waals surface area contributed by atoms with Crippen LogP contribution in [0.3, 0.4) is 0 Å². The molecule has 0 bridgehead atoms. The highest BCUT2D eigenvalue weighted by Crippen LogP contribution is 2.22. The minimum Gasteiger partial charge on any atom is -0.490 e. The van der Waals surface area contributed by atoms with Crippen LogP contribution in [-0.2, 0) is 6.42 Å². The Morgan fingerprint density at radius 3 is 3.00 bits per heavy atom. The Morgan fingerprint density at radius 2 is 2.29 bits per heavy atom. The lowest BCUT2D eigenvalue weighted by molar-refractivity contribution is 0.319. The van der Waals surface area contributed by atoms with Crippen LogP contribution in [0.15, 0.2) is 18.3 Å². The van der Waals surface area contributed by atoms with Crippen molar-refractivity contribution >= 4 is 5.65 Å². The quantitative estimate of drug-likeness (QED) is 0.858. The zero-order valence-electron chi connectivity index (χ0n) is 10.4. The van der Waals surface area contributed by atoms with Crippen LogP contribution in [-0.4, -0.2) is 22.5 Å². The van der Waals surface area contributed by atoms with Crippen molar-refractivity contribution < 1.29 is 4.74 Å². The summed E-state index contributed by atoms with van der Waals surface area (Å²) in [5.74, 6) is 0.848. The number of hydrogen-bond acceptors (Lipinski definition) is 3. The van der Waals surface area contributed by atoms with Crippen LogP contribution in [0.5, 0.6) is 5.75 Å². The molecule has 2 aromatic heterocycles. The normalized spacial score (nSPS) is 11.0. The van der Waals surface area contributed by atoms with E-state index in [-0.39, 0.29) is 0 Å². The zero-order valence-corrected chi connectivity index (χ0v) is 10.4. The summed E-state index contributed by atoms with van der Waals surface area (Å²) in [6.45, 7) is 5.46. The lowest BCUT2D eigenvalue weighted by Crippen LogP contribution is -2.06. The topological polar surface area (TPSA) is 52.5 Å². The van der Waals surface area contributed by atoms with Gasteiger partial charge >= 0.3 is 0 Å². The second-order valence-electron chi connectivity index (χ2n) is 4.10. The molecule has 4 nitrogen and oxygen atoms in total. The third-order valence-corrected chi connectivity index (χ3v) is 2.76. The predicted octanol–water partition coefficient (Wildman–Crippen LogP) is 1.93. The summed E-state index contributed by atoms with van der Waals surface area (Å²) < 4.78 is 7.78. The molecule has 0 amide bonds. The molecule has 0 fully saturated rings. The van der Waals surface area contributed by atoms with E-state index in [4.69, 9.17) is 10.5 Å². The predicted molar refractivity (Wildman–Crippen MR) is 68.5 cm³/mol. The van der Waals surface area contributed by atoms with E-state index in [2.05, 4.69) is 16.3 Å². The van der Waals surface area contributed by atoms with Gasteiger partial charge < -0.3 is 14.9 Å². The first-order valence-electron chi connectivity index (χ1n) is 6.07. The maximum absolute atomic E-state index is 5.70. The highest BCUT2D eigenvalue weighted by molar-refractivity contribution is 5.56. The molecule has 2 aromatic rings. The SMILES string of the molecule is CCCOc1cccn2c(CCN)c(C)nc12. The Kier molecular flexibility index (Phi) is 3.64. The van der Waals surface area contributed by atoms with Crippen molar-refractivity contribution in [1.29, 1.82) is 0 Å². The Balaban J connectivity index is 2.46. The molecule has 4 heteroatoms. The molecule has 2 rings (SSSR count). The number of ether oxygens (including phenoxy) is 1. The largest absolute Gasteiger partial charge is 0.490 e. The van der Waals surface area contributed by atoms with Gasteiger partial charge in [0.1, 0.15) is 0 Å². The van der Waals surface area contributed by atoms with Gasteiger partial charge in [0.25, 0.3) is 0 Å². The van der Waals surface area contributed by atoms with Gasteiger partial charge in [-0.05, 0) is 32.0 Å². The molecular weight excluding hydrogens is 214 g/mol. The third-order valence-electron chi connectivity index (χ3n) is 2.76. The van der Waals surface area contributed by atoms with E-state index in [1.165, 1.54) is 5.69 Å². The summed E-state index contributed by atoms with van der Waals surface area (Å²) in [7, 11) is 0. The van der Waals surface area contributed by atoms with Crippen LogP contribution >= 0.6 is 0 Å². The van der Waals surface area contributed by atoms with Crippen molar-refractivity contribution in [3.63, 3.8) is 0 Å². The Morgan fingerprint density at radius 1 is 1.47 bits per heavy atom. The minimum atomic E-state index is 0.634. The molecular formula is C13H19N3O. The Hall–Kier alpha value is -1.55. The number of pyridine rings is 1. The van der Waals surface area contributed by atoms with Gasteiger partial charge in [-0.25, -0.2) is 4.98 Å². The monoisotopic (exact) mass is 233 g/mol. The average Bonchev–Trinajstić information content (AvgIpc) is 2.65. The number of aromatic nitrogens is 2. The first-order valence-corrected chi connectivity index (χ1v) is 6.07. The third kappa shape index (κ3) is 2.26. The van der Waals surface area contributed by atoms with Gasteiger partial charge in [-0.2, -0.15) is 0 Å². The number of imidazole rings is 1. The van der Waals surface area contributed by atoms with Crippen molar-refractivity contribution in [2.75, 3.05) is 13.2 Å². The molecule has 0 aliphatic carbocycles. The number of nitrogens with two attached hydrogens (primary N) is 1. The highest BCUT2D eigenvalue weighted by Gasteiger charge is 2.11. The van der Waals surface area contributed by atoms with Crippen LogP contribution in [0.25, 0.3) is 5.65 Å². The summed E-state index contributed by atoms with van der Waals surface area (Å²) in [6, 6.07) is 3.95. The molecule has 17 heavy (non-hydrogen) atoms. The number of rotatable bonds is 5. The van der Waals surface area contributed by atoms with E-state index in [0.717, 1.165) is 36.5 Å². The van der Waals surface area contributed by atoms with E-state index >= 15 is 0 Å². The van der Waals surface area contributed by atoms with Crippen molar-refractivity contribution in [1.82, 2.24) is 9.38 Å². The Labute approximate surface area is 101 Å². The van der Waals surface area contributed by atoms with Gasteiger partial charge in [0, 0.05) is 18.3 Å². The van der Waals surface area contributed by atoms with Crippen LogP contribution in [0.1, 0.15) is 24.7 Å². The number of hydrogen-bond donors (Lipinski definition) is 1. The summed E-state index contributed by atoms with van der Waals surface area (Å²) in [5.41, 5.74) is 8.72. The van der Waals surface area contributed by atoms with E-state index in [1.54, 1.807) is 0 Å². The molecule has 0 aromatic carbocycles. The second kappa shape index (κ2) is 5.19. The molecule has 92 valence electrons. The van der Waals surface area contributed by atoms with Gasteiger partial charge in [0.15, 0.2) is 11.4 Å². The molecule has 0 radical (unpaired) electrons. The molecule has 2 heterocycles. The van der Waals surface area contributed by atoms with Crippen LogP contribution < -0.4 is 10.5 Å². The summed E-state index contributed by atoms with van der Waals surface area (Å²) in [6.07, 6.45) is 3.85. The fraction of sp³-hybridized carbons (Fsp3) is 0.462. The fourth-order valence-corrected chi connectivity index (χ4v) is 1.97. The minimum absolute atomic E-state index is 0.634. The lowest BCUT2D eigenvalue weighted by atomic mass is 10.2. The molecule has 0 saturated carbocycles. The number of aryl methyl sites for hydroxylation is 1. The van der Waals surface area contributed by atoms with Crippen molar-refractivity contribution in [3.8, 4) is 5.75 Å². The second-order valence-corrected chi connectivity index (χ2v) is 4.10. The van der Waals surface area contributed by atoms with Crippen molar-refractivity contribution in [2.24, 2.45) is 5.73 Å². The average molecular weight is 233 g/mol. The van der Waals surface area contributed by atoms with E-state index < -0.39 is 0 Å². The number of fused-ring (bicyclic) bond motifs is 1. The summed E-state index contributed by atoms with van der Waals surface area (Å²) in [5, 5.41) is 0. The first-order chi connectivity index (χ1) is 8.27. The maximum Gasteiger partial charge on any atom is 0.180 e. The van der Waals surface area contributed by atoms with Gasteiger partial charge in [0.05, 0.1) is 12.3 Å². The summed E-state index contributed by atoms with van der Waals surface area (Å²) in [4.78, 5) is 4.57. The molecule has 0 aliphatic heterocycles. The molecule has 2 N–H and O–H groups in total. The highest BCUT2D eigenvalue weighted by atomic mass is 16.5. The Bertz CT molecular complexity index is 505. The maximum atomic E-state index is 5.70. The van der Waals surface area contributed by atoms with E-state index in [0.29, 0.717) is 6.54 Å². The van der Waals surface area contributed by atoms with Crippen molar-refractivity contribution in [2.45, 2.75) is 26.7 Å². The van der Waals surface area contributed by atoms with Gasteiger partial charge in [-0.1, -0.05) is 6.92 Å². The standard InChI is InChI=1S/C13H19N3O/c1-3-9-17-12-5-4-8-16-11(6-7-14)10(2)15-13(12)16/h4-5,8H,3,6-7,9,14H2,1-2H3. The molecule has 0 unspecified atom stereocenters. The summed E-state index contributed by atoms with van der Waals surface area (Å²) >= 11 is 0. The lowest BCUT2D eigenvalue weighted by Gasteiger charge is -2.06. The molecule has 0 atom stereocenters. The zero-order chi connectivity index (χ0) is 12.3. The van der Waals surface area contributed by atoms with Crippen LogP contribution in [0.2, 0.25) is 0 Å². The van der Waals surface area contributed by atoms with Crippen LogP contribution in [0.4, 0.5) is 0 Å². The van der Waals surface area contributed by atoms with Crippen molar-refractivity contribution in [3.05, 3.63) is 29.7 Å². The van der Waals surface area contributed by atoms with Gasteiger partial charge in [-0.15, -0.1) is 0 Å². The first kappa shape index (κ1) is 11.9. The van der Waals surface area contributed by atoms with E-state index in [1.807, 2.05) is 25.3 Å². The smallest absolute Gasteiger partial charge is 0.180 e. The molecule has 0 saturated heterocycles. The number of nitrogens with zero attached hydrogens (tertiary/aromatic N) is 2. The molecule has 0 aliphatic rings. The van der Waals surface area contributed by atoms with E-state index in [9.17, 15) is 0 Å². The van der Waals surface area contributed by atoms with Gasteiger partial charge in [0.2, 0.25) is 0 Å². The van der Waals surface area contributed by atoms with Crippen LogP contribution in [0, 0.1) is 6.92 Å². The fourth-order valence-electron chi connectivity index (χ4n) is 1.97. The molecule has 0 spiro atoms. The van der Waals surface area contributed by atoms with Gasteiger partial charge in [-0.3, -0.25) is 0 Å².